The highest BCUT2D eigenvalue weighted by Crippen LogP contribution is 2.38. The highest BCUT2D eigenvalue weighted by Gasteiger charge is 2.43. The van der Waals surface area contributed by atoms with Crippen molar-refractivity contribution in [3.05, 3.63) is 99.0 Å². The molecule has 5 rings (SSSR count). The van der Waals surface area contributed by atoms with Crippen molar-refractivity contribution in [1.29, 1.82) is 0 Å². The van der Waals surface area contributed by atoms with Crippen molar-refractivity contribution < 1.29 is 13.6 Å². The summed E-state index contributed by atoms with van der Waals surface area (Å²) in [5, 5.41) is 0.755. The van der Waals surface area contributed by atoms with Crippen LogP contribution in [0.4, 0.5) is 0 Å². The Morgan fingerprint density at radius 2 is 2.00 bits per heavy atom. The molecule has 0 spiro atoms. The van der Waals surface area contributed by atoms with Crippen LogP contribution in [0, 0.1) is 0 Å². The molecular weight excluding hydrogens is 380 g/mol. The van der Waals surface area contributed by atoms with Crippen LogP contribution in [0.1, 0.15) is 33.6 Å². The van der Waals surface area contributed by atoms with E-state index in [4.69, 9.17) is 20.4 Å². The van der Waals surface area contributed by atoms with Crippen molar-refractivity contribution >= 4 is 28.5 Å². The van der Waals surface area contributed by atoms with Crippen LogP contribution in [0.15, 0.2) is 74.6 Å². The minimum absolute atomic E-state index is 0.0297. The van der Waals surface area contributed by atoms with Crippen LogP contribution in [0.5, 0.6) is 0 Å². The fourth-order valence-electron chi connectivity index (χ4n) is 3.57. The first-order valence-electron chi connectivity index (χ1n) is 8.64. The van der Waals surface area contributed by atoms with Crippen LogP contribution in [0.2, 0.25) is 5.02 Å². The summed E-state index contributed by atoms with van der Waals surface area (Å²) in [6.07, 6.45) is 3.17. The molecule has 3 aromatic heterocycles. The fourth-order valence-corrected chi connectivity index (χ4v) is 3.74. The number of carbonyl (C=O) groups is 1. The number of benzene rings is 1. The summed E-state index contributed by atoms with van der Waals surface area (Å²) < 4.78 is 11.3. The zero-order valence-electron chi connectivity index (χ0n) is 14.5. The van der Waals surface area contributed by atoms with E-state index in [2.05, 4.69) is 4.98 Å². The lowest BCUT2D eigenvalue weighted by Gasteiger charge is -2.23. The van der Waals surface area contributed by atoms with Gasteiger partial charge in [0.25, 0.3) is 5.91 Å². The summed E-state index contributed by atoms with van der Waals surface area (Å²) in [5.41, 5.74) is 0.880. The molecule has 1 aliphatic heterocycles. The molecule has 1 atom stereocenters. The average Bonchev–Trinajstić information content (AvgIpc) is 3.31. The molecule has 138 valence electrons. The number of hydrogen-bond acceptors (Lipinski definition) is 5. The molecule has 4 aromatic rings. The second-order valence-electron chi connectivity index (χ2n) is 6.48. The Bertz CT molecular complexity index is 1250. The summed E-state index contributed by atoms with van der Waals surface area (Å²) in [7, 11) is 0. The van der Waals surface area contributed by atoms with Crippen LogP contribution in [0.25, 0.3) is 11.0 Å². The maximum absolute atomic E-state index is 13.3. The van der Waals surface area contributed by atoms with E-state index in [0.29, 0.717) is 27.4 Å². The molecule has 1 aromatic carbocycles. The van der Waals surface area contributed by atoms with Gasteiger partial charge in [0.05, 0.1) is 29.5 Å². The molecule has 0 saturated carbocycles. The number of rotatable bonds is 3. The van der Waals surface area contributed by atoms with E-state index < -0.39 is 6.04 Å². The molecule has 0 saturated heterocycles. The largest absolute Gasteiger partial charge is 0.467 e. The second kappa shape index (κ2) is 6.35. The van der Waals surface area contributed by atoms with Crippen LogP contribution >= 0.6 is 11.6 Å². The first kappa shape index (κ1) is 16.8. The molecule has 0 radical (unpaired) electrons. The Morgan fingerprint density at radius 1 is 1.11 bits per heavy atom. The number of nitrogens with zero attached hydrogens (tertiary/aromatic N) is 2. The molecule has 7 heteroatoms. The van der Waals surface area contributed by atoms with Gasteiger partial charge in [-0.3, -0.25) is 14.6 Å². The summed E-state index contributed by atoms with van der Waals surface area (Å²) in [4.78, 5) is 32.4. The van der Waals surface area contributed by atoms with Crippen molar-refractivity contribution in [3.63, 3.8) is 0 Å². The second-order valence-corrected chi connectivity index (χ2v) is 6.92. The van der Waals surface area contributed by atoms with Crippen molar-refractivity contribution in [2.45, 2.75) is 12.6 Å². The van der Waals surface area contributed by atoms with Crippen molar-refractivity contribution in [2.24, 2.45) is 0 Å². The van der Waals surface area contributed by atoms with Gasteiger partial charge >= 0.3 is 0 Å². The van der Waals surface area contributed by atoms with Crippen LogP contribution in [-0.2, 0) is 6.54 Å². The molecule has 4 heterocycles. The van der Waals surface area contributed by atoms with Crippen LogP contribution < -0.4 is 5.43 Å². The summed E-state index contributed by atoms with van der Waals surface area (Å²) in [6, 6.07) is 13.0. The number of pyridine rings is 1. The van der Waals surface area contributed by atoms with E-state index in [1.165, 1.54) is 4.90 Å². The Balaban J connectivity index is 1.76. The van der Waals surface area contributed by atoms with Gasteiger partial charge in [-0.1, -0.05) is 17.7 Å². The molecule has 28 heavy (non-hydrogen) atoms. The predicted molar refractivity (Wildman–Crippen MR) is 102 cm³/mol. The van der Waals surface area contributed by atoms with Gasteiger partial charge in [-0.2, -0.15) is 0 Å². The van der Waals surface area contributed by atoms with Crippen molar-refractivity contribution in [1.82, 2.24) is 9.88 Å². The molecule has 0 aliphatic carbocycles. The van der Waals surface area contributed by atoms with Crippen LogP contribution in [-0.4, -0.2) is 15.8 Å². The van der Waals surface area contributed by atoms with Gasteiger partial charge in [-0.25, -0.2) is 0 Å². The number of halogens is 1. The number of hydrogen-bond donors (Lipinski definition) is 0. The number of carbonyl (C=O) groups excluding carboxylic acids is 1. The lowest BCUT2D eigenvalue weighted by atomic mass is 10.0. The van der Waals surface area contributed by atoms with E-state index >= 15 is 0 Å². The van der Waals surface area contributed by atoms with Gasteiger partial charge in [0, 0.05) is 11.2 Å². The monoisotopic (exact) mass is 392 g/mol. The number of fused-ring (bicyclic) bond motifs is 2. The average molecular weight is 393 g/mol. The third kappa shape index (κ3) is 2.53. The number of furan rings is 1. The maximum Gasteiger partial charge on any atom is 0.291 e. The number of aromatic nitrogens is 1. The van der Waals surface area contributed by atoms with E-state index in [-0.39, 0.29) is 29.2 Å². The van der Waals surface area contributed by atoms with E-state index in [0.717, 1.165) is 0 Å². The molecular formula is C21H13ClN2O4. The highest BCUT2D eigenvalue weighted by atomic mass is 35.5. The summed E-state index contributed by atoms with van der Waals surface area (Å²) >= 11 is 6.06. The van der Waals surface area contributed by atoms with E-state index in [1.54, 1.807) is 54.9 Å². The lowest BCUT2D eigenvalue weighted by molar-refractivity contribution is 0.0699. The third-order valence-electron chi connectivity index (χ3n) is 4.80. The first-order chi connectivity index (χ1) is 13.6. The molecule has 0 fully saturated rings. The summed E-state index contributed by atoms with van der Waals surface area (Å²) in [5.74, 6) is 0.250. The van der Waals surface area contributed by atoms with Crippen molar-refractivity contribution in [2.75, 3.05) is 0 Å². The smallest absolute Gasteiger partial charge is 0.291 e. The van der Waals surface area contributed by atoms with Gasteiger partial charge in [0.2, 0.25) is 5.76 Å². The Hall–Kier alpha value is -3.38. The molecule has 0 N–H and O–H groups in total. The SMILES string of the molecule is O=C1c2oc3ccc(Cl)cc3c(=O)c2C(c2ccccn2)N1Cc1ccco1. The zero-order valence-corrected chi connectivity index (χ0v) is 15.2. The van der Waals surface area contributed by atoms with Gasteiger partial charge in [-0.15, -0.1) is 0 Å². The molecule has 6 nitrogen and oxygen atoms in total. The lowest BCUT2D eigenvalue weighted by Crippen LogP contribution is -2.29. The van der Waals surface area contributed by atoms with Gasteiger partial charge in [0.1, 0.15) is 17.4 Å². The minimum Gasteiger partial charge on any atom is -0.467 e. The zero-order chi connectivity index (χ0) is 19.3. The van der Waals surface area contributed by atoms with Crippen molar-refractivity contribution in [3.8, 4) is 0 Å². The molecule has 1 amide bonds. The Morgan fingerprint density at radius 3 is 2.75 bits per heavy atom. The van der Waals surface area contributed by atoms with Gasteiger partial charge < -0.3 is 13.7 Å². The molecule has 1 aliphatic rings. The topological polar surface area (TPSA) is 76.6 Å². The fraction of sp³-hybridized carbons (Fsp3) is 0.0952. The minimum atomic E-state index is -0.673. The van der Waals surface area contributed by atoms with Gasteiger partial charge in [-0.05, 0) is 42.5 Å². The quantitative estimate of drug-likeness (QED) is 0.522. The molecule has 0 bridgehead atoms. The normalized spacial score (nSPS) is 16.0. The predicted octanol–water partition coefficient (Wildman–Crippen LogP) is 4.18. The standard InChI is InChI=1S/C21H13ClN2O4/c22-12-6-7-16-14(10-12)19(25)17-18(15-5-1-2-8-23-15)24(21(26)20(17)28-16)11-13-4-3-9-27-13/h1-10,18H,11H2. The highest BCUT2D eigenvalue weighted by molar-refractivity contribution is 6.31. The van der Waals surface area contributed by atoms with Gasteiger partial charge in [0.15, 0.2) is 5.43 Å². The first-order valence-corrected chi connectivity index (χ1v) is 9.02. The maximum atomic E-state index is 13.3. The van der Waals surface area contributed by atoms with E-state index in [9.17, 15) is 9.59 Å². The Labute approximate surface area is 164 Å². The van der Waals surface area contributed by atoms with E-state index in [1.807, 2.05) is 6.07 Å². The third-order valence-corrected chi connectivity index (χ3v) is 5.04. The molecule has 1 unspecified atom stereocenters. The van der Waals surface area contributed by atoms with Crippen LogP contribution in [0.3, 0.4) is 0 Å². The number of amides is 1. The Kier molecular flexibility index (Phi) is 3.80. The summed E-state index contributed by atoms with van der Waals surface area (Å²) in [6.45, 7) is 0.188.